The van der Waals surface area contributed by atoms with Crippen LogP contribution in [0.5, 0.6) is 0 Å². The lowest BCUT2D eigenvalue weighted by Gasteiger charge is -2.10. The molecule has 1 unspecified atom stereocenters. The van der Waals surface area contributed by atoms with Gasteiger partial charge in [-0.1, -0.05) is 13.8 Å². The zero-order chi connectivity index (χ0) is 11.8. The molecule has 0 spiro atoms. The molecule has 1 heterocycles. The second-order valence-corrected chi connectivity index (χ2v) is 4.08. The Kier molecular flexibility index (Phi) is 6.19. The Bertz CT molecular complexity index is 283. The van der Waals surface area contributed by atoms with Gasteiger partial charge in [0.05, 0.1) is 12.4 Å². The maximum absolute atomic E-state index is 5.66. The highest BCUT2D eigenvalue weighted by Crippen LogP contribution is 2.13. The molecule has 0 aliphatic carbocycles. The van der Waals surface area contributed by atoms with Crippen molar-refractivity contribution in [2.45, 2.75) is 52.9 Å². The number of hydrogen-bond acceptors (Lipinski definition) is 3. The van der Waals surface area contributed by atoms with E-state index in [0.29, 0.717) is 12.7 Å². The summed E-state index contributed by atoms with van der Waals surface area (Å²) in [5.41, 5.74) is 1.21. The van der Waals surface area contributed by atoms with E-state index in [-0.39, 0.29) is 0 Å². The van der Waals surface area contributed by atoms with Crippen LogP contribution >= 0.6 is 0 Å². The first-order valence-electron chi connectivity index (χ1n) is 6.15. The molecule has 0 aromatic carbocycles. The van der Waals surface area contributed by atoms with Crippen molar-refractivity contribution in [1.29, 1.82) is 0 Å². The van der Waals surface area contributed by atoms with Crippen LogP contribution in [-0.4, -0.2) is 12.6 Å². The van der Waals surface area contributed by atoms with Crippen molar-refractivity contribution < 1.29 is 9.15 Å². The molecule has 0 amide bonds. The lowest BCUT2D eigenvalue weighted by Crippen LogP contribution is -2.15. The number of rotatable bonds is 8. The Morgan fingerprint density at radius 3 is 2.94 bits per heavy atom. The van der Waals surface area contributed by atoms with Gasteiger partial charge in [0, 0.05) is 12.1 Å². The molecule has 16 heavy (non-hydrogen) atoms. The number of hydrogen-bond donors (Lipinski definition) is 1. The molecule has 1 N–H and O–H groups in total. The molecule has 0 saturated carbocycles. The summed E-state index contributed by atoms with van der Waals surface area (Å²) in [6.45, 7) is 8.84. The van der Waals surface area contributed by atoms with Gasteiger partial charge in [0.2, 0.25) is 0 Å². The summed E-state index contributed by atoms with van der Waals surface area (Å²) in [6, 6.07) is 2.01. The zero-order valence-electron chi connectivity index (χ0n) is 10.6. The van der Waals surface area contributed by atoms with Crippen molar-refractivity contribution in [2.24, 2.45) is 0 Å². The predicted octanol–water partition coefficient (Wildman–Crippen LogP) is 3.09. The first-order chi connectivity index (χ1) is 7.77. The van der Waals surface area contributed by atoms with E-state index < -0.39 is 0 Å². The quantitative estimate of drug-likeness (QED) is 0.690. The molecule has 0 aliphatic rings. The second-order valence-electron chi connectivity index (χ2n) is 4.08. The van der Waals surface area contributed by atoms with Gasteiger partial charge in [-0.3, -0.25) is 0 Å². The maximum Gasteiger partial charge on any atom is 0.133 e. The molecule has 0 saturated heterocycles. The van der Waals surface area contributed by atoms with E-state index in [4.69, 9.17) is 9.15 Å². The van der Waals surface area contributed by atoms with Crippen LogP contribution in [0.2, 0.25) is 0 Å². The molecule has 3 heteroatoms. The van der Waals surface area contributed by atoms with Crippen LogP contribution in [0.25, 0.3) is 0 Å². The minimum atomic E-state index is 0.293. The third kappa shape index (κ3) is 4.37. The van der Waals surface area contributed by atoms with Crippen LogP contribution in [0.4, 0.5) is 0 Å². The Morgan fingerprint density at radius 2 is 2.25 bits per heavy atom. The SMILES string of the molecule is CCCNCc1ccoc1COC(C)CC. The summed E-state index contributed by atoms with van der Waals surface area (Å²) in [5.74, 6) is 0.948. The Hall–Kier alpha value is -0.800. The first kappa shape index (κ1) is 13.3. The number of ether oxygens (including phenoxy) is 1. The fraction of sp³-hybridized carbons (Fsp3) is 0.692. The standard InChI is InChI=1S/C13H23NO2/c1-4-7-14-9-12-6-8-15-13(12)10-16-11(3)5-2/h6,8,11,14H,4-5,7,9-10H2,1-3H3. The van der Waals surface area contributed by atoms with E-state index in [0.717, 1.165) is 31.7 Å². The van der Waals surface area contributed by atoms with Crippen LogP contribution in [0.15, 0.2) is 16.7 Å². The van der Waals surface area contributed by atoms with Gasteiger partial charge >= 0.3 is 0 Å². The monoisotopic (exact) mass is 225 g/mol. The van der Waals surface area contributed by atoms with E-state index in [9.17, 15) is 0 Å². The van der Waals surface area contributed by atoms with Crippen LogP contribution in [-0.2, 0) is 17.9 Å². The van der Waals surface area contributed by atoms with E-state index in [1.807, 2.05) is 6.07 Å². The van der Waals surface area contributed by atoms with Gasteiger partial charge in [-0.2, -0.15) is 0 Å². The van der Waals surface area contributed by atoms with Crippen molar-refractivity contribution >= 4 is 0 Å². The van der Waals surface area contributed by atoms with Crippen molar-refractivity contribution in [3.8, 4) is 0 Å². The van der Waals surface area contributed by atoms with Crippen LogP contribution in [0.1, 0.15) is 44.9 Å². The zero-order valence-corrected chi connectivity index (χ0v) is 10.6. The molecule has 1 rings (SSSR count). The Balaban J connectivity index is 2.37. The molecule has 92 valence electrons. The largest absolute Gasteiger partial charge is 0.467 e. The average molecular weight is 225 g/mol. The molecule has 1 aromatic heterocycles. The van der Waals surface area contributed by atoms with E-state index >= 15 is 0 Å². The molecular formula is C13H23NO2. The Labute approximate surface area is 98.2 Å². The minimum absolute atomic E-state index is 0.293. The third-order valence-corrected chi connectivity index (χ3v) is 2.65. The Morgan fingerprint density at radius 1 is 1.44 bits per heavy atom. The van der Waals surface area contributed by atoms with Gasteiger partial charge in [-0.25, -0.2) is 0 Å². The summed E-state index contributed by atoms with van der Waals surface area (Å²) in [5, 5.41) is 3.36. The summed E-state index contributed by atoms with van der Waals surface area (Å²) in [4.78, 5) is 0. The molecule has 0 fully saturated rings. The van der Waals surface area contributed by atoms with E-state index in [1.54, 1.807) is 6.26 Å². The predicted molar refractivity (Wildman–Crippen MR) is 65.2 cm³/mol. The maximum atomic E-state index is 5.66. The molecule has 0 aliphatic heterocycles. The molecular weight excluding hydrogens is 202 g/mol. The fourth-order valence-corrected chi connectivity index (χ4v) is 1.39. The van der Waals surface area contributed by atoms with Gasteiger partial charge < -0.3 is 14.5 Å². The molecule has 3 nitrogen and oxygen atoms in total. The second kappa shape index (κ2) is 7.47. The lowest BCUT2D eigenvalue weighted by molar-refractivity contribution is 0.0400. The van der Waals surface area contributed by atoms with Crippen molar-refractivity contribution in [3.63, 3.8) is 0 Å². The highest BCUT2D eigenvalue weighted by atomic mass is 16.5. The minimum Gasteiger partial charge on any atom is -0.467 e. The summed E-state index contributed by atoms with van der Waals surface area (Å²) >= 11 is 0. The molecule has 0 radical (unpaired) electrons. The van der Waals surface area contributed by atoms with Crippen molar-refractivity contribution in [1.82, 2.24) is 5.32 Å². The summed E-state index contributed by atoms with van der Waals surface area (Å²) in [6.07, 6.45) is 4.21. The van der Waals surface area contributed by atoms with Gasteiger partial charge in [0.15, 0.2) is 0 Å². The first-order valence-corrected chi connectivity index (χ1v) is 6.15. The van der Waals surface area contributed by atoms with Crippen LogP contribution in [0, 0.1) is 0 Å². The molecule has 1 aromatic rings. The van der Waals surface area contributed by atoms with Crippen molar-refractivity contribution in [2.75, 3.05) is 6.54 Å². The van der Waals surface area contributed by atoms with Gasteiger partial charge in [0.1, 0.15) is 12.4 Å². The van der Waals surface area contributed by atoms with Gasteiger partial charge in [-0.15, -0.1) is 0 Å². The molecule has 0 bridgehead atoms. The number of nitrogens with one attached hydrogen (secondary N) is 1. The highest BCUT2D eigenvalue weighted by Gasteiger charge is 2.07. The van der Waals surface area contributed by atoms with Gasteiger partial charge in [-0.05, 0) is 32.4 Å². The van der Waals surface area contributed by atoms with Crippen molar-refractivity contribution in [3.05, 3.63) is 23.7 Å². The highest BCUT2D eigenvalue weighted by molar-refractivity contribution is 5.16. The lowest BCUT2D eigenvalue weighted by atomic mass is 10.2. The third-order valence-electron chi connectivity index (χ3n) is 2.65. The van der Waals surface area contributed by atoms with Gasteiger partial charge in [0.25, 0.3) is 0 Å². The van der Waals surface area contributed by atoms with Crippen LogP contribution in [0.3, 0.4) is 0 Å². The average Bonchev–Trinajstić information content (AvgIpc) is 2.74. The normalized spacial score (nSPS) is 12.9. The number of furan rings is 1. The molecule has 1 atom stereocenters. The fourth-order valence-electron chi connectivity index (χ4n) is 1.39. The smallest absolute Gasteiger partial charge is 0.133 e. The topological polar surface area (TPSA) is 34.4 Å². The summed E-state index contributed by atoms with van der Waals surface area (Å²) in [7, 11) is 0. The van der Waals surface area contributed by atoms with E-state index in [1.165, 1.54) is 5.56 Å². The van der Waals surface area contributed by atoms with Crippen LogP contribution < -0.4 is 5.32 Å². The van der Waals surface area contributed by atoms with E-state index in [2.05, 4.69) is 26.1 Å². The summed E-state index contributed by atoms with van der Waals surface area (Å²) < 4.78 is 11.1.